The van der Waals surface area contributed by atoms with Crippen molar-refractivity contribution in [1.82, 2.24) is 10.2 Å². The number of nitrogens with one attached hydrogen (secondary N) is 1. The molecule has 3 aromatic rings. The molecule has 6 nitrogen and oxygen atoms in total. The average Bonchev–Trinajstić information content (AvgIpc) is 3.32. The van der Waals surface area contributed by atoms with Gasteiger partial charge in [-0.05, 0) is 55.3 Å². The van der Waals surface area contributed by atoms with Crippen molar-refractivity contribution in [2.45, 2.75) is 26.2 Å². The Kier molecular flexibility index (Phi) is 5.77. The summed E-state index contributed by atoms with van der Waals surface area (Å²) in [6.45, 7) is 4.61. The molecular formula is C21H18Cl2N4O2S. The quantitative estimate of drug-likeness (QED) is 0.577. The fraction of sp³-hybridized carbons (Fsp3) is 0.238. The predicted molar refractivity (Wildman–Crippen MR) is 120 cm³/mol. The van der Waals surface area contributed by atoms with Crippen LogP contribution in [0.3, 0.4) is 0 Å². The molecule has 9 heteroatoms. The standard InChI is InChI=1S/C21H18Cl2N4O2S/c1-11-3-5-15(7-12(11)2)27-10-14(9-18(27)28)20-25-26-21(30-20)24-19(29)13-4-6-16(22)17(23)8-13/h3-8,14H,9-10H2,1-2H3,(H,24,26,29). The molecule has 1 aromatic heterocycles. The second kappa shape index (κ2) is 8.34. The molecule has 2 heterocycles. The smallest absolute Gasteiger partial charge is 0.257 e. The molecule has 2 aromatic carbocycles. The third-order valence-electron chi connectivity index (χ3n) is 5.12. The second-order valence-electron chi connectivity index (χ2n) is 7.20. The molecule has 1 aliphatic heterocycles. The van der Waals surface area contributed by atoms with Crippen LogP contribution in [0.1, 0.15) is 38.8 Å². The summed E-state index contributed by atoms with van der Waals surface area (Å²) in [4.78, 5) is 26.8. The monoisotopic (exact) mass is 460 g/mol. The van der Waals surface area contributed by atoms with Gasteiger partial charge in [0, 0.05) is 30.1 Å². The minimum atomic E-state index is -0.351. The second-order valence-corrected chi connectivity index (χ2v) is 9.03. The van der Waals surface area contributed by atoms with Crippen LogP contribution in [0.5, 0.6) is 0 Å². The first-order valence-corrected chi connectivity index (χ1v) is 10.9. The predicted octanol–water partition coefficient (Wildman–Crippen LogP) is 5.23. The van der Waals surface area contributed by atoms with Crippen molar-refractivity contribution in [3.8, 4) is 0 Å². The van der Waals surface area contributed by atoms with E-state index >= 15 is 0 Å². The fourth-order valence-electron chi connectivity index (χ4n) is 3.27. The summed E-state index contributed by atoms with van der Waals surface area (Å²) >= 11 is 13.1. The first kappa shape index (κ1) is 20.8. The van der Waals surface area contributed by atoms with Gasteiger partial charge in [-0.15, -0.1) is 10.2 Å². The van der Waals surface area contributed by atoms with Crippen molar-refractivity contribution < 1.29 is 9.59 Å². The highest BCUT2D eigenvalue weighted by Gasteiger charge is 2.34. The van der Waals surface area contributed by atoms with Gasteiger partial charge in [-0.3, -0.25) is 14.9 Å². The van der Waals surface area contributed by atoms with Crippen LogP contribution in [-0.4, -0.2) is 28.6 Å². The summed E-state index contributed by atoms with van der Waals surface area (Å²) in [6.07, 6.45) is 0.363. The molecule has 0 radical (unpaired) electrons. The Balaban J connectivity index is 1.46. The minimum absolute atomic E-state index is 0.0554. The molecule has 1 saturated heterocycles. The number of anilines is 2. The van der Waals surface area contributed by atoms with Crippen molar-refractivity contribution >= 4 is 57.2 Å². The van der Waals surface area contributed by atoms with Crippen molar-refractivity contribution in [2.75, 3.05) is 16.8 Å². The molecule has 154 valence electrons. The number of aryl methyl sites for hydroxylation is 2. The van der Waals surface area contributed by atoms with E-state index < -0.39 is 0 Å². The van der Waals surface area contributed by atoms with Crippen LogP contribution in [-0.2, 0) is 4.79 Å². The van der Waals surface area contributed by atoms with Gasteiger partial charge in [0.25, 0.3) is 5.91 Å². The van der Waals surface area contributed by atoms with E-state index in [9.17, 15) is 9.59 Å². The molecular weight excluding hydrogens is 443 g/mol. The first-order chi connectivity index (χ1) is 14.3. The van der Waals surface area contributed by atoms with Crippen LogP contribution in [0.4, 0.5) is 10.8 Å². The van der Waals surface area contributed by atoms with Crippen molar-refractivity contribution in [2.24, 2.45) is 0 Å². The Morgan fingerprint density at radius 2 is 1.90 bits per heavy atom. The van der Waals surface area contributed by atoms with E-state index in [1.54, 1.807) is 17.0 Å². The maximum absolute atomic E-state index is 12.6. The van der Waals surface area contributed by atoms with Crippen molar-refractivity contribution in [3.63, 3.8) is 0 Å². The number of aromatic nitrogens is 2. The zero-order valence-electron chi connectivity index (χ0n) is 16.3. The van der Waals surface area contributed by atoms with Gasteiger partial charge < -0.3 is 4.90 Å². The van der Waals surface area contributed by atoms with Crippen LogP contribution in [0.25, 0.3) is 0 Å². The lowest BCUT2D eigenvalue weighted by molar-refractivity contribution is -0.117. The molecule has 2 amide bonds. The number of halogens is 2. The zero-order chi connectivity index (χ0) is 21.4. The van der Waals surface area contributed by atoms with Crippen LogP contribution in [0.15, 0.2) is 36.4 Å². The van der Waals surface area contributed by atoms with Gasteiger partial charge in [-0.1, -0.05) is 40.6 Å². The largest absolute Gasteiger partial charge is 0.312 e. The van der Waals surface area contributed by atoms with Crippen molar-refractivity contribution in [1.29, 1.82) is 0 Å². The third kappa shape index (κ3) is 4.19. The molecule has 0 saturated carbocycles. The Morgan fingerprint density at radius 3 is 2.63 bits per heavy atom. The molecule has 1 atom stereocenters. The lowest BCUT2D eigenvalue weighted by atomic mass is 10.1. The number of hydrogen-bond acceptors (Lipinski definition) is 5. The minimum Gasteiger partial charge on any atom is -0.312 e. The van der Waals surface area contributed by atoms with Crippen LogP contribution >= 0.6 is 34.5 Å². The van der Waals surface area contributed by atoms with Gasteiger partial charge in [0.2, 0.25) is 11.0 Å². The summed E-state index contributed by atoms with van der Waals surface area (Å²) in [7, 11) is 0. The Labute approximate surface area is 187 Å². The highest BCUT2D eigenvalue weighted by Crippen LogP contribution is 2.35. The third-order valence-corrected chi connectivity index (χ3v) is 6.86. The fourth-order valence-corrected chi connectivity index (χ4v) is 4.40. The highest BCUT2D eigenvalue weighted by atomic mass is 35.5. The zero-order valence-corrected chi connectivity index (χ0v) is 18.6. The normalized spacial score (nSPS) is 16.2. The van der Waals surface area contributed by atoms with Gasteiger partial charge in [0.15, 0.2) is 0 Å². The van der Waals surface area contributed by atoms with E-state index in [-0.39, 0.29) is 17.7 Å². The molecule has 1 unspecified atom stereocenters. The Bertz CT molecular complexity index is 1150. The number of hydrogen-bond donors (Lipinski definition) is 1. The van der Waals surface area contributed by atoms with E-state index in [1.807, 2.05) is 32.0 Å². The van der Waals surface area contributed by atoms with E-state index in [4.69, 9.17) is 23.2 Å². The summed E-state index contributed by atoms with van der Waals surface area (Å²) in [6, 6.07) is 10.7. The molecule has 30 heavy (non-hydrogen) atoms. The SMILES string of the molecule is Cc1ccc(N2CC(c3nnc(NC(=O)c4ccc(Cl)c(Cl)c4)s3)CC2=O)cc1C. The number of carbonyl (C=O) groups excluding carboxylic acids is 2. The number of benzene rings is 2. The van der Waals surface area contributed by atoms with E-state index in [0.29, 0.717) is 33.7 Å². The maximum atomic E-state index is 12.6. The molecule has 0 spiro atoms. The summed E-state index contributed by atoms with van der Waals surface area (Å²) in [5.41, 5.74) is 3.60. The van der Waals surface area contributed by atoms with Crippen molar-refractivity contribution in [3.05, 3.63) is 68.1 Å². The topological polar surface area (TPSA) is 75.2 Å². The van der Waals surface area contributed by atoms with Gasteiger partial charge >= 0.3 is 0 Å². The molecule has 1 aliphatic rings. The van der Waals surface area contributed by atoms with E-state index in [2.05, 4.69) is 15.5 Å². The van der Waals surface area contributed by atoms with Crippen LogP contribution < -0.4 is 10.2 Å². The van der Waals surface area contributed by atoms with Gasteiger partial charge in [0.1, 0.15) is 5.01 Å². The summed E-state index contributed by atoms with van der Waals surface area (Å²) in [5, 5.41) is 12.8. The number of carbonyl (C=O) groups is 2. The molecule has 1 N–H and O–H groups in total. The Hall–Kier alpha value is -2.48. The van der Waals surface area contributed by atoms with Crippen LogP contribution in [0, 0.1) is 13.8 Å². The first-order valence-electron chi connectivity index (χ1n) is 9.29. The Morgan fingerprint density at radius 1 is 1.10 bits per heavy atom. The maximum Gasteiger partial charge on any atom is 0.257 e. The van der Waals surface area contributed by atoms with Gasteiger partial charge in [-0.2, -0.15) is 0 Å². The molecule has 0 bridgehead atoms. The molecule has 1 fully saturated rings. The van der Waals surface area contributed by atoms with Gasteiger partial charge in [-0.25, -0.2) is 0 Å². The highest BCUT2D eigenvalue weighted by molar-refractivity contribution is 7.15. The van der Waals surface area contributed by atoms with E-state index in [1.165, 1.54) is 23.0 Å². The van der Waals surface area contributed by atoms with Crippen LogP contribution in [0.2, 0.25) is 10.0 Å². The summed E-state index contributed by atoms with van der Waals surface area (Å²) < 4.78 is 0. The van der Waals surface area contributed by atoms with E-state index in [0.717, 1.165) is 16.3 Å². The van der Waals surface area contributed by atoms with Gasteiger partial charge in [0.05, 0.1) is 10.0 Å². The molecule has 0 aliphatic carbocycles. The molecule has 4 rings (SSSR count). The summed E-state index contributed by atoms with van der Waals surface area (Å²) in [5.74, 6) is -0.359. The lowest BCUT2D eigenvalue weighted by Gasteiger charge is -2.17. The number of nitrogens with zero attached hydrogens (tertiary/aromatic N) is 3. The lowest BCUT2D eigenvalue weighted by Crippen LogP contribution is -2.24. The number of amides is 2. The average molecular weight is 461 g/mol. The number of rotatable bonds is 4.